The van der Waals surface area contributed by atoms with Gasteiger partial charge in [-0.25, -0.2) is 0 Å². The Labute approximate surface area is 125 Å². The van der Waals surface area contributed by atoms with Gasteiger partial charge in [0.25, 0.3) is 0 Å². The van der Waals surface area contributed by atoms with Crippen molar-refractivity contribution in [1.29, 1.82) is 0 Å². The summed E-state index contributed by atoms with van der Waals surface area (Å²) < 4.78 is 11.5. The fourth-order valence-electron chi connectivity index (χ4n) is 2.59. The standard InChI is InChI=1S/C16H24N2O3/c1-11-9-15(10-12(2)21-11)20-8-7-16(19)18-14-5-3-13(17)4-6-14/h3-6,11-12,15H,7-10,17H2,1-2H3,(H,18,19). The van der Waals surface area contributed by atoms with Crippen molar-refractivity contribution in [3.63, 3.8) is 0 Å². The number of carbonyl (C=O) groups is 1. The molecule has 1 amide bonds. The molecule has 1 aliphatic heterocycles. The van der Waals surface area contributed by atoms with Crippen LogP contribution in [0, 0.1) is 0 Å². The van der Waals surface area contributed by atoms with Crippen molar-refractivity contribution in [3.05, 3.63) is 24.3 Å². The molecule has 3 N–H and O–H groups in total. The first-order valence-electron chi connectivity index (χ1n) is 7.45. The lowest BCUT2D eigenvalue weighted by Crippen LogP contribution is -2.34. The van der Waals surface area contributed by atoms with Gasteiger partial charge in [0.2, 0.25) is 5.91 Å². The number of nitrogens with two attached hydrogens (primary N) is 1. The van der Waals surface area contributed by atoms with Crippen LogP contribution in [-0.2, 0) is 14.3 Å². The Morgan fingerprint density at radius 1 is 1.29 bits per heavy atom. The molecule has 1 aromatic carbocycles. The van der Waals surface area contributed by atoms with Crippen LogP contribution >= 0.6 is 0 Å². The number of rotatable bonds is 5. The average Bonchev–Trinajstić information content (AvgIpc) is 2.40. The van der Waals surface area contributed by atoms with Crippen molar-refractivity contribution >= 4 is 17.3 Å². The van der Waals surface area contributed by atoms with Gasteiger partial charge in [-0.15, -0.1) is 0 Å². The zero-order valence-electron chi connectivity index (χ0n) is 12.7. The zero-order valence-corrected chi connectivity index (χ0v) is 12.7. The highest BCUT2D eigenvalue weighted by atomic mass is 16.5. The van der Waals surface area contributed by atoms with Gasteiger partial charge in [-0.05, 0) is 51.0 Å². The fraction of sp³-hybridized carbons (Fsp3) is 0.562. The predicted octanol–water partition coefficient (Wildman–Crippen LogP) is 2.57. The molecule has 0 bridgehead atoms. The third-order valence-corrected chi connectivity index (χ3v) is 3.53. The minimum absolute atomic E-state index is 0.0482. The first-order chi connectivity index (χ1) is 10.0. The summed E-state index contributed by atoms with van der Waals surface area (Å²) in [5.74, 6) is -0.0482. The molecule has 2 rings (SSSR count). The number of nitrogens with one attached hydrogen (secondary N) is 1. The molecule has 21 heavy (non-hydrogen) atoms. The Morgan fingerprint density at radius 2 is 1.90 bits per heavy atom. The van der Waals surface area contributed by atoms with Crippen molar-refractivity contribution < 1.29 is 14.3 Å². The van der Waals surface area contributed by atoms with E-state index in [1.807, 2.05) is 0 Å². The maximum atomic E-state index is 11.8. The van der Waals surface area contributed by atoms with Crippen LogP contribution in [0.2, 0.25) is 0 Å². The number of ether oxygens (including phenoxy) is 2. The summed E-state index contributed by atoms with van der Waals surface area (Å²) in [5, 5.41) is 2.83. The van der Waals surface area contributed by atoms with Gasteiger partial charge in [0.05, 0.1) is 31.3 Å². The number of anilines is 2. The number of hydrogen-bond donors (Lipinski definition) is 2. The van der Waals surface area contributed by atoms with E-state index in [9.17, 15) is 4.79 Å². The number of amides is 1. The Hall–Kier alpha value is -1.59. The number of carbonyl (C=O) groups excluding carboxylic acids is 1. The molecule has 5 heteroatoms. The maximum absolute atomic E-state index is 11.8. The van der Waals surface area contributed by atoms with E-state index >= 15 is 0 Å². The highest BCUT2D eigenvalue weighted by Gasteiger charge is 2.24. The topological polar surface area (TPSA) is 73.6 Å². The van der Waals surface area contributed by atoms with E-state index in [1.165, 1.54) is 0 Å². The van der Waals surface area contributed by atoms with E-state index in [0.29, 0.717) is 18.7 Å². The van der Waals surface area contributed by atoms with Crippen LogP contribution in [0.1, 0.15) is 33.1 Å². The van der Waals surface area contributed by atoms with Gasteiger partial charge >= 0.3 is 0 Å². The molecule has 0 aromatic heterocycles. The second-order valence-corrected chi connectivity index (χ2v) is 5.64. The van der Waals surface area contributed by atoms with Gasteiger partial charge in [0.1, 0.15) is 0 Å². The quantitative estimate of drug-likeness (QED) is 0.818. The summed E-state index contributed by atoms with van der Waals surface area (Å²) in [6.45, 7) is 4.55. The smallest absolute Gasteiger partial charge is 0.226 e. The monoisotopic (exact) mass is 292 g/mol. The van der Waals surface area contributed by atoms with E-state index < -0.39 is 0 Å². The van der Waals surface area contributed by atoms with Crippen LogP contribution in [0.25, 0.3) is 0 Å². The maximum Gasteiger partial charge on any atom is 0.226 e. The summed E-state index contributed by atoms with van der Waals surface area (Å²) in [5.41, 5.74) is 7.03. The Balaban J connectivity index is 1.68. The van der Waals surface area contributed by atoms with Gasteiger partial charge in [-0.1, -0.05) is 0 Å². The molecule has 2 atom stereocenters. The molecule has 5 nitrogen and oxygen atoms in total. The molecule has 1 saturated heterocycles. The van der Waals surface area contributed by atoms with Crippen LogP contribution in [0.4, 0.5) is 11.4 Å². The lowest BCUT2D eigenvalue weighted by atomic mass is 10.0. The molecular formula is C16H24N2O3. The van der Waals surface area contributed by atoms with Crippen molar-refractivity contribution in [2.24, 2.45) is 0 Å². The minimum Gasteiger partial charge on any atom is -0.399 e. The third-order valence-electron chi connectivity index (χ3n) is 3.53. The first kappa shape index (κ1) is 15.8. The van der Waals surface area contributed by atoms with Crippen LogP contribution < -0.4 is 11.1 Å². The molecule has 2 unspecified atom stereocenters. The number of nitrogen functional groups attached to an aromatic ring is 1. The van der Waals surface area contributed by atoms with Crippen molar-refractivity contribution in [2.75, 3.05) is 17.7 Å². The van der Waals surface area contributed by atoms with E-state index in [0.717, 1.165) is 18.5 Å². The lowest BCUT2D eigenvalue weighted by Gasteiger charge is -2.31. The second kappa shape index (κ2) is 7.43. The Morgan fingerprint density at radius 3 is 2.52 bits per heavy atom. The Bertz CT molecular complexity index is 451. The molecule has 1 aliphatic rings. The van der Waals surface area contributed by atoms with Gasteiger partial charge < -0.3 is 20.5 Å². The van der Waals surface area contributed by atoms with E-state index in [-0.39, 0.29) is 24.2 Å². The SMILES string of the molecule is CC1CC(OCCC(=O)Nc2ccc(N)cc2)CC(C)O1. The molecule has 1 heterocycles. The summed E-state index contributed by atoms with van der Waals surface area (Å²) in [6.07, 6.45) is 2.77. The summed E-state index contributed by atoms with van der Waals surface area (Å²) in [6, 6.07) is 7.10. The van der Waals surface area contributed by atoms with Crippen molar-refractivity contribution in [2.45, 2.75) is 51.4 Å². The third kappa shape index (κ3) is 5.36. The molecule has 0 spiro atoms. The van der Waals surface area contributed by atoms with Gasteiger partial charge in [0.15, 0.2) is 0 Å². The van der Waals surface area contributed by atoms with Crippen LogP contribution in [0.15, 0.2) is 24.3 Å². The fourth-order valence-corrected chi connectivity index (χ4v) is 2.59. The zero-order chi connectivity index (χ0) is 15.2. The van der Waals surface area contributed by atoms with Gasteiger partial charge in [-0.3, -0.25) is 4.79 Å². The van der Waals surface area contributed by atoms with Crippen LogP contribution in [0.5, 0.6) is 0 Å². The normalized spacial score (nSPS) is 25.5. The summed E-state index contributed by atoms with van der Waals surface area (Å²) in [4.78, 5) is 11.8. The highest BCUT2D eigenvalue weighted by molar-refractivity contribution is 5.90. The molecule has 0 saturated carbocycles. The summed E-state index contributed by atoms with van der Waals surface area (Å²) in [7, 11) is 0. The Kier molecular flexibility index (Phi) is 5.59. The largest absolute Gasteiger partial charge is 0.399 e. The molecule has 0 radical (unpaired) electrons. The number of benzene rings is 1. The number of hydrogen-bond acceptors (Lipinski definition) is 4. The summed E-state index contributed by atoms with van der Waals surface area (Å²) >= 11 is 0. The van der Waals surface area contributed by atoms with E-state index in [1.54, 1.807) is 24.3 Å². The molecular weight excluding hydrogens is 268 g/mol. The molecule has 116 valence electrons. The van der Waals surface area contributed by atoms with Gasteiger partial charge in [0, 0.05) is 11.4 Å². The van der Waals surface area contributed by atoms with Crippen LogP contribution in [-0.4, -0.2) is 30.8 Å². The molecule has 0 aliphatic carbocycles. The first-order valence-corrected chi connectivity index (χ1v) is 7.45. The lowest BCUT2D eigenvalue weighted by molar-refractivity contribution is -0.121. The second-order valence-electron chi connectivity index (χ2n) is 5.64. The average molecular weight is 292 g/mol. The van der Waals surface area contributed by atoms with E-state index in [4.69, 9.17) is 15.2 Å². The minimum atomic E-state index is -0.0482. The van der Waals surface area contributed by atoms with Crippen molar-refractivity contribution in [1.82, 2.24) is 0 Å². The molecule has 1 fully saturated rings. The van der Waals surface area contributed by atoms with Crippen LogP contribution in [0.3, 0.4) is 0 Å². The van der Waals surface area contributed by atoms with E-state index in [2.05, 4.69) is 19.2 Å². The van der Waals surface area contributed by atoms with Crippen molar-refractivity contribution in [3.8, 4) is 0 Å². The molecule has 1 aromatic rings. The van der Waals surface area contributed by atoms with Gasteiger partial charge in [-0.2, -0.15) is 0 Å². The predicted molar refractivity (Wildman–Crippen MR) is 83.1 cm³/mol. The highest BCUT2D eigenvalue weighted by Crippen LogP contribution is 2.21.